The molecule has 0 aliphatic carbocycles. The number of aldehydes is 1. The minimum absolute atomic E-state index is 0.0000583. The molecular formula is C30H37F3N2O5. The lowest BCUT2D eigenvalue weighted by molar-refractivity contribution is -0.143. The number of halogens is 3. The number of ether oxygens (including phenoxy) is 2. The highest BCUT2D eigenvalue weighted by atomic mass is 19.4. The van der Waals surface area contributed by atoms with E-state index in [0.29, 0.717) is 24.1 Å². The number of likely N-dealkylation sites (N-methyl/N-ethyl adjacent to an activating group) is 1. The molecule has 218 valence electrons. The first-order chi connectivity index (χ1) is 18.6. The number of allylic oxidation sites excluding steroid dienone is 2. The number of carbonyl (C=O) groups excluding carboxylic acids is 3. The van der Waals surface area contributed by atoms with Crippen molar-refractivity contribution in [1.82, 2.24) is 10.2 Å². The molecule has 0 radical (unpaired) electrons. The van der Waals surface area contributed by atoms with Crippen LogP contribution in [0.1, 0.15) is 43.0 Å². The summed E-state index contributed by atoms with van der Waals surface area (Å²) in [6, 6.07) is 11.5. The quantitative estimate of drug-likeness (QED) is 0.232. The zero-order valence-corrected chi connectivity index (χ0v) is 23.7. The summed E-state index contributed by atoms with van der Waals surface area (Å²) in [5.74, 6) is -0.710. The van der Waals surface area contributed by atoms with Crippen LogP contribution < -0.4 is 5.32 Å². The smallest absolute Gasteiger partial charge is 0.417 e. The van der Waals surface area contributed by atoms with Crippen LogP contribution in [-0.2, 0) is 38.3 Å². The van der Waals surface area contributed by atoms with Gasteiger partial charge in [-0.05, 0) is 63.5 Å². The third-order valence-corrected chi connectivity index (χ3v) is 5.81. The van der Waals surface area contributed by atoms with Crippen molar-refractivity contribution in [3.63, 3.8) is 0 Å². The van der Waals surface area contributed by atoms with E-state index >= 15 is 0 Å². The van der Waals surface area contributed by atoms with Crippen LogP contribution in [0.2, 0.25) is 0 Å². The van der Waals surface area contributed by atoms with Gasteiger partial charge in [0, 0.05) is 25.0 Å². The third-order valence-electron chi connectivity index (χ3n) is 5.81. The Labute approximate surface area is 233 Å². The Balaban J connectivity index is 2.38. The van der Waals surface area contributed by atoms with E-state index in [0.717, 1.165) is 5.56 Å². The molecular weight excluding hydrogens is 525 g/mol. The van der Waals surface area contributed by atoms with Gasteiger partial charge in [0.15, 0.2) is 0 Å². The first-order valence-electron chi connectivity index (χ1n) is 12.8. The number of hydrogen-bond acceptors (Lipinski definition) is 6. The van der Waals surface area contributed by atoms with Crippen LogP contribution in [0.3, 0.4) is 0 Å². The van der Waals surface area contributed by atoms with Gasteiger partial charge in [0.05, 0.1) is 12.7 Å². The predicted octanol–water partition coefficient (Wildman–Crippen LogP) is 5.16. The molecule has 2 aromatic rings. The molecule has 0 aliphatic rings. The molecule has 40 heavy (non-hydrogen) atoms. The first-order valence-corrected chi connectivity index (χ1v) is 12.8. The first kappa shape index (κ1) is 32.6. The van der Waals surface area contributed by atoms with Crippen molar-refractivity contribution in [3.8, 4) is 0 Å². The maximum atomic E-state index is 14.3. The summed E-state index contributed by atoms with van der Waals surface area (Å²) in [5, 5.41) is 2.47. The molecule has 0 spiro atoms. The molecule has 2 aromatic carbocycles. The van der Waals surface area contributed by atoms with Crippen LogP contribution >= 0.6 is 0 Å². The summed E-state index contributed by atoms with van der Waals surface area (Å²) in [4.78, 5) is 38.5. The minimum atomic E-state index is -4.76. The second-order valence-corrected chi connectivity index (χ2v) is 10.7. The fourth-order valence-electron chi connectivity index (χ4n) is 4.06. The zero-order valence-electron chi connectivity index (χ0n) is 23.7. The van der Waals surface area contributed by atoms with E-state index in [-0.39, 0.29) is 24.7 Å². The fourth-order valence-corrected chi connectivity index (χ4v) is 4.06. The summed E-state index contributed by atoms with van der Waals surface area (Å²) >= 11 is 0. The van der Waals surface area contributed by atoms with Crippen molar-refractivity contribution in [2.45, 2.75) is 57.9 Å². The highest BCUT2D eigenvalue weighted by molar-refractivity contribution is 5.90. The van der Waals surface area contributed by atoms with E-state index in [2.05, 4.69) is 5.32 Å². The highest BCUT2D eigenvalue weighted by Gasteiger charge is 2.37. The largest absolute Gasteiger partial charge is 0.467 e. The number of amides is 1. The summed E-state index contributed by atoms with van der Waals surface area (Å²) in [7, 11) is 4.94. The van der Waals surface area contributed by atoms with Crippen molar-refractivity contribution in [1.29, 1.82) is 0 Å². The van der Waals surface area contributed by atoms with Crippen LogP contribution in [0, 0.1) is 0 Å². The Morgan fingerprint density at radius 1 is 1.00 bits per heavy atom. The normalized spacial score (nSPS) is 13.3. The monoisotopic (exact) mass is 562 g/mol. The lowest BCUT2D eigenvalue weighted by atomic mass is 9.92. The molecule has 1 amide bonds. The number of carbonyl (C=O) groups is 3. The average Bonchev–Trinajstić information content (AvgIpc) is 2.84. The van der Waals surface area contributed by atoms with Gasteiger partial charge >= 0.3 is 18.2 Å². The van der Waals surface area contributed by atoms with Crippen LogP contribution in [0.15, 0.2) is 54.1 Å². The van der Waals surface area contributed by atoms with Crippen molar-refractivity contribution in [2.75, 3.05) is 27.7 Å². The SMILES string of the molecule is COC(=O)[C@H](Cc1cccc(C/C(C=O)=C(/c2cccc(CCN(C)C)c2)C(F)(F)F)c1)NC(=O)OC(C)(C)C. The van der Waals surface area contributed by atoms with E-state index in [1.165, 1.54) is 19.2 Å². The third kappa shape index (κ3) is 10.5. The number of alkyl halides is 3. The Hall–Kier alpha value is -3.66. The fraction of sp³-hybridized carbons (Fsp3) is 0.433. The number of hydrogen-bond donors (Lipinski definition) is 1. The van der Waals surface area contributed by atoms with Crippen LogP contribution in [0.4, 0.5) is 18.0 Å². The average molecular weight is 563 g/mol. The summed E-state index contributed by atoms with van der Waals surface area (Å²) in [6.45, 7) is 5.70. The number of nitrogens with one attached hydrogen (secondary N) is 1. The minimum Gasteiger partial charge on any atom is -0.467 e. The molecule has 1 N–H and O–H groups in total. The second kappa shape index (κ2) is 14.1. The maximum Gasteiger partial charge on any atom is 0.417 e. The van der Waals surface area contributed by atoms with Gasteiger partial charge in [-0.3, -0.25) is 4.79 Å². The van der Waals surface area contributed by atoms with Crippen LogP contribution in [-0.4, -0.2) is 68.8 Å². The summed E-state index contributed by atoms with van der Waals surface area (Å²) in [6.07, 6.45) is -5.06. The van der Waals surface area contributed by atoms with Gasteiger partial charge in [-0.15, -0.1) is 0 Å². The Bertz CT molecular complexity index is 1220. The molecule has 0 heterocycles. The Morgan fingerprint density at radius 3 is 2.20 bits per heavy atom. The summed E-state index contributed by atoms with van der Waals surface area (Å²) < 4.78 is 52.9. The molecule has 2 rings (SSSR count). The molecule has 0 saturated carbocycles. The van der Waals surface area contributed by atoms with E-state index in [9.17, 15) is 27.6 Å². The standard InChI is InChI=1S/C30H37F3N2O5/c1-29(2,3)40-28(38)34-25(27(37)39-6)18-22-11-7-10-21(15-22)17-24(19-36)26(30(31,32)33)23-12-8-9-20(16-23)13-14-35(4)5/h7-12,15-16,19,25H,13-14,17-18H2,1-6H3,(H,34,38)/b26-24+/t25-/m0/s1. The van der Waals surface area contributed by atoms with Gasteiger partial charge in [0.1, 0.15) is 17.9 Å². The van der Waals surface area contributed by atoms with E-state index in [1.807, 2.05) is 19.0 Å². The lowest BCUT2D eigenvalue weighted by Crippen LogP contribution is -2.45. The van der Waals surface area contributed by atoms with Crippen molar-refractivity contribution >= 4 is 23.9 Å². The number of alkyl carbamates (subject to hydrolysis) is 1. The maximum absolute atomic E-state index is 14.3. The molecule has 1 atom stereocenters. The van der Waals surface area contributed by atoms with Crippen molar-refractivity contribution in [3.05, 3.63) is 76.4 Å². The number of rotatable bonds is 11. The van der Waals surface area contributed by atoms with Gasteiger partial charge < -0.3 is 19.7 Å². The molecule has 0 saturated heterocycles. The molecule has 10 heteroatoms. The molecule has 0 fully saturated rings. The van der Waals surface area contributed by atoms with Gasteiger partial charge in [0.25, 0.3) is 0 Å². The van der Waals surface area contributed by atoms with E-state index < -0.39 is 41.0 Å². The van der Waals surface area contributed by atoms with Gasteiger partial charge in [-0.25, -0.2) is 9.59 Å². The topological polar surface area (TPSA) is 84.9 Å². The number of benzene rings is 2. The van der Waals surface area contributed by atoms with Gasteiger partial charge in [-0.2, -0.15) is 13.2 Å². The number of nitrogens with zero attached hydrogens (tertiary/aromatic N) is 1. The van der Waals surface area contributed by atoms with Crippen molar-refractivity contribution in [2.24, 2.45) is 0 Å². The Morgan fingerprint density at radius 2 is 1.62 bits per heavy atom. The predicted molar refractivity (Wildman–Crippen MR) is 147 cm³/mol. The van der Waals surface area contributed by atoms with Crippen LogP contribution in [0.25, 0.3) is 5.57 Å². The molecule has 0 unspecified atom stereocenters. The number of esters is 1. The lowest BCUT2D eigenvalue weighted by Gasteiger charge is -2.22. The van der Waals surface area contributed by atoms with E-state index in [4.69, 9.17) is 9.47 Å². The number of methoxy groups -OCH3 is 1. The summed E-state index contributed by atoms with van der Waals surface area (Å²) in [5.41, 5.74) is -0.547. The molecule has 7 nitrogen and oxygen atoms in total. The molecule has 0 aliphatic heterocycles. The van der Waals surface area contributed by atoms with Crippen molar-refractivity contribution < 1.29 is 37.0 Å². The van der Waals surface area contributed by atoms with Crippen LogP contribution in [0.5, 0.6) is 0 Å². The molecule has 0 aromatic heterocycles. The van der Waals surface area contributed by atoms with Gasteiger partial charge in [-0.1, -0.05) is 48.5 Å². The highest BCUT2D eigenvalue weighted by Crippen LogP contribution is 2.37. The van der Waals surface area contributed by atoms with E-state index in [1.54, 1.807) is 57.2 Å². The Kier molecular flexibility index (Phi) is 11.5. The molecule has 0 bridgehead atoms. The second-order valence-electron chi connectivity index (χ2n) is 10.7. The van der Waals surface area contributed by atoms with Gasteiger partial charge in [0.2, 0.25) is 0 Å². The zero-order chi connectivity index (χ0) is 30.1.